The van der Waals surface area contributed by atoms with Gasteiger partial charge in [-0.15, -0.1) is 6.42 Å². The maximum Gasteiger partial charge on any atom is 0.271 e. The highest BCUT2D eigenvalue weighted by Gasteiger charge is 2.00. The summed E-state index contributed by atoms with van der Waals surface area (Å²) in [4.78, 5) is 11.2. The van der Waals surface area contributed by atoms with Gasteiger partial charge < -0.3 is 0 Å². The van der Waals surface area contributed by atoms with E-state index in [1.54, 1.807) is 24.3 Å². The predicted molar refractivity (Wildman–Crippen MR) is 51.2 cm³/mol. The molecule has 0 aromatic heterocycles. The van der Waals surface area contributed by atoms with Gasteiger partial charge >= 0.3 is 0 Å². The molecular weight excluding hydrogens is 164 g/mol. The number of nitrogens with one attached hydrogen (secondary N) is 1. The summed E-state index contributed by atoms with van der Waals surface area (Å²) < 4.78 is 0. The van der Waals surface area contributed by atoms with E-state index >= 15 is 0 Å². The number of carbonyl (C=O) groups is 1. The molecule has 0 radical (unpaired) electrons. The van der Waals surface area contributed by atoms with Crippen LogP contribution in [0.3, 0.4) is 0 Å². The highest BCUT2D eigenvalue weighted by Crippen LogP contribution is 1.96. The van der Waals surface area contributed by atoms with Crippen molar-refractivity contribution < 1.29 is 4.79 Å². The average molecular weight is 172 g/mol. The molecule has 3 heteroatoms. The van der Waals surface area contributed by atoms with Gasteiger partial charge in [0.25, 0.3) is 5.91 Å². The first-order valence-corrected chi connectivity index (χ1v) is 3.67. The molecule has 1 amide bonds. The van der Waals surface area contributed by atoms with Gasteiger partial charge in [0, 0.05) is 5.56 Å². The number of hydrogen-bond donors (Lipinski definition) is 1. The molecule has 64 valence electrons. The largest absolute Gasteiger partial charge is 0.271 e. The molecule has 0 atom stereocenters. The van der Waals surface area contributed by atoms with Crippen molar-refractivity contribution in [1.29, 1.82) is 0 Å². The van der Waals surface area contributed by atoms with Crippen LogP contribution in [0.25, 0.3) is 0 Å². The molecule has 1 N–H and O–H groups in total. The quantitative estimate of drug-likeness (QED) is 0.404. The van der Waals surface area contributed by atoms with Crippen molar-refractivity contribution in [2.45, 2.75) is 0 Å². The van der Waals surface area contributed by atoms with E-state index in [-0.39, 0.29) is 5.91 Å². The van der Waals surface area contributed by atoms with E-state index in [2.05, 4.69) is 16.4 Å². The van der Waals surface area contributed by atoms with Crippen LogP contribution in [0.4, 0.5) is 0 Å². The Hall–Kier alpha value is -2.08. The van der Waals surface area contributed by atoms with Crippen LogP contribution in [0.5, 0.6) is 0 Å². The van der Waals surface area contributed by atoms with Crippen LogP contribution in [0.1, 0.15) is 10.4 Å². The van der Waals surface area contributed by atoms with Gasteiger partial charge in [-0.25, -0.2) is 5.43 Å². The molecule has 1 aromatic carbocycles. The average Bonchev–Trinajstić information content (AvgIpc) is 2.19. The van der Waals surface area contributed by atoms with Gasteiger partial charge in [0.1, 0.15) is 0 Å². The van der Waals surface area contributed by atoms with Crippen LogP contribution in [0, 0.1) is 12.3 Å². The van der Waals surface area contributed by atoms with Crippen LogP contribution in [-0.4, -0.2) is 12.1 Å². The minimum atomic E-state index is -0.271. The van der Waals surface area contributed by atoms with Crippen LogP contribution in [-0.2, 0) is 0 Å². The number of hydrazone groups is 1. The Morgan fingerprint density at radius 3 is 2.77 bits per heavy atom. The van der Waals surface area contributed by atoms with Crippen molar-refractivity contribution in [2.75, 3.05) is 0 Å². The van der Waals surface area contributed by atoms with Gasteiger partial charge in [0.2, 0.25) is 0 Å². The lowest BCUT2D eigenvalue weighted by atomic mass is 10.2. The number of nitrogens with zero attached hydrogens (tertiary/aromatic N) is 1. The number of rotatable bonds is 2. The summed E-state index contributed by atoms with van der Waals surface area (Å²) in [6, 6.07) is 8.78. The maximum absolute atomic E-state index is 11.2. The summed E-state index contributed by atoms with van der Waals surface area (Å²) in [5.41, 5.74) is 2.84. The lowest BCUT2D eigenvalue weighted by Crippen LogP contribution is -2.16. The number of terminal acetylenes is 1. The molecule has 0 unspecified atom stereocenters. The van der Waals surface area contributed by atoms with E-state index in [9.17, 15) is 4.79 Å². The van der Waals surface area contributed by atoms with Gasteiger partial charge in [-0.2, -0.15) is 5.10 Å². The highest BCUT2D eigenvalue weighted by molar-refractivity contribution is 5.94. The molecule has 0 saturated carbocycles. The standard InChI is InChI=1S/C10H8N2O/c1-2-8-11-12-10(13)9-6-4-3-5-7-9/h1,3-8H,(H,12,13). The first-order chi connectivity index (χ1) is 6.34. The van der Waals surface area contributed by atoms with Gasteiger partial charge in [-0.1, -0.05) is 24.1 Å². The topological polar surface area (TPSA) is 41.5 Å². The van der Waals surface area contributed by atoms with E-state index in [0.29, 0.717) is 5.56 Å². The van der Waals surface area contributed by atoms with E-state index < -0.39 is 0 Å². The van der Waals surface area contributed by atoms with Crippen molar-refractivity contribution in [3.05, 3.63) is 35.9 Å². The van der Waals surface area contributed by atoms with E-state index in [0.717, 1.165) is 0 Å². The van der Waals surface area contributed by atoms with Crippen LogP contribution < -0.4 is 5.43 Å². The maximum atomic E-state index is 11.2. The van der Waals surface area contributed by atoms with Crippen LogP contribution in [0.2, 0.25) is 0 Å². The Bertz CT molecular complexity index is 349. The van der Waals surface area contributed by atoms with Gasteiger partial charge in [0.05, 0.1) is 6.21 Å². The SMILES string of the molecule is C#CC=NNC(=O)c1ccccc1. The van der Waals surface area contributed by atoms with E-state index in [4.69, 9.17) is 6.42 Å². The smallest absolute Gasteiger partial charge is 0.267 e. The summed E-state index contributed by atoms with van der Waals surface area (Å²) in [6.07, 6.45) is 6.08. The number of amides is 1. The third-order valence-electron chi connectivity index (χ3n) is 1.34. The fraction of sp³-hybridized carbons (Fsp3) is 0. The zero-order valence-electron chi connectivity index (χ0n) is 6.90. The highest BCUT2D eigenvalue weighted by atomic mass is 16.2. The third kappa shape index (κ3) is 2.80. The van der Waals surface area contributed by atoms with Gasteiger partial charge in [0.15, 0.2) is 0 Å². The minimum Gasteiger partial charge on any atom is -0.267 e. The van der Waals surface area contributed by atoms with Crippen molar-refractivity contribution in [2.24, 2.45) is 5.10 Å². The van der Waals surface area contributed by atoms with Crippen molar-refractivity contribution in [3.8, 4) is 12.3 Å². The summed E-state index contributed by atoms with van der Waals surface area (Å²) >= 11 is 0. The monoisotopic (exact) mass is 172 g/mol. The summed E-state index contributed by atoms with van der Waals surface area (Å²) in [5, 5.41) is 3.51. The van der Waals surface area contributed by atoms with Crippen LogP contribution in [0.15, 0.2) is 35.4 Å². The first kappa shape index (κ1) is 9.01. The molecule has 0 spiro atoms. The molecule has 0 fully saturated rings. The molecule has 0 aliphatic carbocycles. The summed E-state index contributed by atoms with van der Waals surface area (Å²) in [6.45, 7) is 0. The molecule has 0 aliphatic heterocycles. The minimum absolute atomic E-state index is 0.271. The Kier molecular flexibility index (Phi) is 3.28. The first-order valence-electron chi connectivity index (χ1n) is 3.67. The Labute approximate surface area is 76.5 Å². The van der Waals surface area contributed by atoms with Crippen molar-refractivity contribution >= 4 is 12.1 Å². The molecule has 13 heavy (non-hydrogen) atoms. The molecule has 3 nitrogen and oxygen atoms in total. The fourth-order valence-electron chi connectivity index (χ4n) is 0.782. The fourth-order valence-corrected chi connectivity index (χ4v) is 0.782. The zero-order valence-corrected chi connectivity index (χ0v) is 6.90. The van der Waals surface area contributed by atoms with Gasteiger partial charge in [-0.3, -0.25) is 4.79 Å². The van der Waals surface area contributed by atoms with Crippen LogP contribution >= 0.6 is 0 Å². The molecule has 0 aliphatic rings. The Balaban J connectivity index is 2.61. The summed E-state index contributed by atoms with van der Waals surface area (Å²) in [7, 11) is 0. The second-order valence-corrected chi connectivity index (χ2v) is 2.23. The number of hydrogen-bond acceptors (Lipinski definition) is 2. The molecule has 0 saturated heterocycles. The second kappa shape index (κ2) is 4.73. The number of benzene rings is 1. The summed E-state index contributed by atoms with van der Waals surface area (Å²) in [5.74, 6) is 1.90. The molecular formula is C10H8N2O. The second-order valence-electron chi connectivity index (χ2n) is 2.23. The number of carbonyl (C=O) groups excluding carboxylic acids is 1. The van der Waals surface area contributed by atoms with Crippen molar-refractivity contribution in [3.63, 3.8) is 0 Å². The molecule has 1 rings (SSSR count). The van der Waals surface area contributed by atoms with Gasteiger partial charge in [-0.05, 0) is 12.1 Å². The lowest BCUT2D eigenvalue weighted by Gasteiger charge is -1.96. The van der Waals surface area contributed by atoms with E-state index in [1.165, 1.54) is 6.21 Å². The van der Waals surface area contributed by atoms with Crippen molar-refractivity contribution in [1.82, 2.24) is 5.43 Å². The zero-order chi connectivity index (χ0) is 9.52. The predicted octanol–water partition coefficient (Wildman–Crippen LogP) is 1.04. The normalized spacial score (nSPS) is 9.46. The molecule has 0 bridgehead atoms. The molecule has 1 aromatic rings. The third-order valence-corrected chi connectivity index (χ3v) is 1.34. The Morgan fingerprint density at radius 1 is 1.46 bits per heavy atom. The Morgan fingerprint density at radius 2 is 2.15 bits per heavy atom. The van der Waals surface area contributed by atoms with E-state index in [1.807, 2.05) is 6.07 Å². The molecule has 0 heterocycles. The lowest BCUT2D eigenvalue weighted by molar-refractivity contribution is 0.0955.